The fraction of sp³-hybridized carbons (Fsp3) is 0.296. The molecule has 0 bridgehead atoms. The first kappa shape index (κ1) is 23.3. The van der Waals surface area contributed by atoms with Crippen LogP contribution in [0.4, 0.5) is 0 Å². The second-order valence-electron chi connectivity index (χ2n) is 8.22. The van der Waals surface area contributed by atoms with Crippen LogP contribution in [0.5, 0.6) is 5.75 Å². The molecule has 0 N–H and O–H groups in total. The maximum Gasteiger partial charge on any atom is 0.359 e. The minimum absolute atomic E-state index is 0.285. The molecule has 34 heavy (non-hydrogen) atoms. The molecule has 0 aliphatic heterocycles. The lowest BCUT2D eigenvalue weighted by Gasteiger charge is -2.13. The van der Waals surface area contributed by atoms with Gasteiger partial charge in [-0.2, -0.15) is 5.10 Å². The monoisotopic (exact) mass is 458 g/mol. The van der Waals surface area contributed by atoms with Crippen molar-refractivity contribution >= 4 is 5.97 Å². The first-order chi connectivity index (χ1) is 16.4. The van der Waals surface area contributed by atoms with Crippen molar-refractivity contribution in [3.8, 4) is 22.7 Å². The van der Waals surface area contributed by atoms with Crippen molar-refractivity contribution in [3.63, 3.8) is 0 Å². The molecule has 0 atom stereocenters. The van der Waals surface area contributed by atoms with Gasteiger partial charge in [0.05, 0.1) is 25.1 Å². The van der Waals surface area contributed by atoms with E-state index in [0.717, 1.165) is 45.3 Å². The smallest absolute Gasteiger partial charge is 0.359 e. The number of aromatic nitrogens is 4. The van der Waals surface area contributed by atoms with Crippen LogP contribution in [-0.2, 0) is 17.7 Å². The Morgan fingerprint density at radius 1 is 1.00 bits per heavy atom. The summed E-state index contributed by atoms with van der Waals surface area (Å²) in [4.78, 5) is 17.4. The zero-order valence-electron chi connectivity index (χ0n) is 20.3. The molecular formula is C27H30N4O3. The average Bonchev–Trinajstić information content (AvgIpc) is 3.38. The molecule has 2 aromatic carbocycles. The van der Waals surface area contributed by atoms with Crippen LogP contribution in [0.2, 0.25) is 0 Å². The maximum atomic E-state index is 13.0. The zero-order valence-corrected chi connectivity index (χ0v) is 20.3. The number of ether oxygens (including phenoxy) is 2. The predicted molar refractivity (Wildman–Crippen MR) is 132 cm³/mol. The standard InChI is InChI=1S/C27H30N4O3/c1-6-34-27(32)25-24(15-16-30-19(3)17-28-20(30)4)26(21-9-13-23(33-5)14-10-21)31(29-25)22-11-7-18(2)8-12-22/h7-14,17H,6,15-16H2,1-5H3. The normalized spacial score (nSPS) is 11.0. The topological polar surface area (TPSA) is 71.2 Å². The van der Waals surface area contributed by atoms with Gasteiger partial charge in [0, 0.05) is 29.6 Å². The first-order valence-corrected chi connectivity index (χ1v) is 11.4. The van der Waals surface area contributed by atoms with Gasteiger partial charge in [0.15, 0.2) is 5.69 Å². The Labute approximate surface area is 200 Å². The number of benzene rings is 2. The predicted octanol–water partition coefficient (Wildman–Crippen LogP) is 5.09. The number of rotatable bonds is 8. The van der Waals surface area contributed by atoms with Gasteiger partial charge in [-0.1, -0.05) is 17.7 Å². The summed E-state index contributed by atoms with van der Waals surface area (Å²) < 4.78 is 14.7. The van der Waals surface area contributed by atoms with Crippen LogP contribution < -0.4 is 4.74 Å². The summed E-state index contributed by atoms with van der Waals surface area (Å²) in [5, 5.41) is 4.78. The van der Waals surface area contributed by atoms with Crippen LogP contribution in [0.3, 0.4) is 0 Å². The summed E-state index contributed by atoms with van der Waals surface area (Å²) in [6.45, 7) is 8.82. The molecule has 176 valence electrons. The summed E-state index contributed by atoms with van der Waals surface area (Å²) in [5.41, 5.74) is 6.10. The van der Waals surface area contributed by atoms with E-state index in [9.17, 15) is 4.79 Å². The lowest BCUT2D eigenvalue weighted by molar-refractivity contribution is 0.0517. The largest absolute Gasteiger partial charge is 0.497 e. The number of carbonyl (C=O) groups is 1. The van der Waals surface area contributed by atoms with Gasteiger partial charge in [-0.25, -0.2) is 14.5 Å². The number of aryl methyl sites for hydroxylation is 3. The van der Waals surface area contributed by atoms with E-state index in [2.05, 4.69) is 9.55 Å². The summed E-state index contributed by atoms with van der Waals surface area (Å²) >= 11 is 0. The van der Waals surface area contributed by atoms with E-state index >= 15 is 0 Å². The van der Waals surface area contributed by atoms with Crippen LogP contribution in [-0.4, -0.2) is 39.0 Å². The number of hydrogen-bond acceptors (Lipinski definition) is 5. The van der Waals surface area contributed by atoms with Gasteiger partial charge in [0.1, 0.15) is 11.6 Å². The molecule has 0 aliphatic carbocycles. The second-order valence-corrected chi connectivity index (χ2v) is 8.22. The number of nitrogens with zero attached hydrogens (tertiary/aromatic N) is 4. The Bertz CT molecular complexity index is 1270. The molecule has 7 heteroatoms. The van der Waals surface area contributed by atoms with Crippen molar-refractivity contribution in [2.24, 2.45) is 0 Å². The highest BCUT2D eigenvalue weighted by atomic mass is 16.5. The van der Waals surface area contributed by atoms with Gasteiger partial charge in [-0.05, 0) is 70.5 Å². The number of carbonyl (C=O) groups excluding carboxylic acids is 1. The second kappa shape index (κ2) is 9.95. The van der Waals surface area contributed by atoms with E-state index in [1.807, 2.05) is 80.2 Å². The fourth-order valence-corrected chi connectivity index (χ4v) is 4.11. The van der Waals surface area contributed by atoms with Gasteiger partial charge in [0.2, 0.25) is 0 Å². The third-order valence-electron chi connectivity index (χ3n) is 5.93. The average molecular weight is 459 g/mol. The number of esters is 1. The Kier molecular flexibility index (Phi) is 6.82. The molecule has 0 unspecified atom stereocenters. The Balaban J connectivity index is 1.90. The molecule has 2 aromatic heterocycles. The molecule has 0 radical (unpaired) electrons. The van der Waals surface area contributed by atoms with Gasteiger partial charge in [0.25, 0.3) is 0 Å². The minimum Gasteiger partial charge on any atom is -0.497 e. The summed E-state index contributed by atoms with van der Waals surface area (Å²) in [6.07, 6.45) is 2.46. The lowest BCUT2D eigenvalue weighted by atomic mass is 10.0. The van der Waals surface area contributed by atoms with Crippen molar-refractivity contribution in [3.05, 3.63) is 83.1 Å². The molecule has 0 saturated carbocycles. The van der Waals surface area contributed by atoms with Gasteiger partial charge in [-0.3, -0.25) is 0 Å². The minimum atomic E-state index is -0.419. The Hall–Kier alpha value is -3.87. The van der Waals surface area contributed by atoms with E-state index in [4.69, 9.17) is 14.6 Å². The van der Waals surface area contributed by atoms with Crippen molar-refractivity contribution in [2.75, 3.05) is 13.7 Å². The highest BCUT2D eigenvalue weighted by Crippen LogP contribution is 2.32. The molecular weight excluding hydrogens is 428 g/mol. The van der Waals surface area contributed by atoms with E-state index in [1.54, 1.807) is 14.0 Å². The molecule has 0 saturated heterocycles. The maximum absolute atomic E-state index is 13.0. The quantitative estimate of drug-likeness (QED) is 0.344. The highest BCUT2D eigenvalue weighted by Gasteiger charge is 2.26. The Morgan fingerprint density at radius 3 is 2.29 bits per heavy atom. The van der Waals surface area contributed by atoms with Crippen LogP contribution in [0.1, 0.15) is 40.1 Å². The SMILES string of the molecule is CCOC(=O)c1nn(-c2ccc(C)cc2)c(-c2ccc(OC)cc2)c1CCn1c(C)cnc1C. The molecule has 0 fully saturated rings. The molecule has 2 heterocycles. The molecule has 4 aromatic rings. The van der Waals surface area contributed by atoms with Crippen LogP contribution in [0, 0.1) is 20.8 Å². The highest BCUT2D eigenvalue weighted by molar-refractivity contribution is 5.91. The van der Waals surface area contributed by atoms with Crippen molar-refractivity contribution in [1.29, 1.82) is 0 Å². The molecule has 0 aliphatic rings. The number of imidazole rings is 1. The van der Waals surface area contributed by atoms with E-state index in [1.165, 1.54) is 0 Å². The van der Waals surface area contributed by atoms with E-state index in [0.29, 0.717) is 18.7 Å². The number of hydrogen-bond donors (Lipinski definition) is 0. The third-order valence-corrected chi connectivity index (χ3v) is 5.93. The van der Waals surface area contributed by atoms with Gasteiger partial charge < -0.3 is 14.0 Å². The van der Waals surface area contributed by atoms with Crippen LogP contribution >= 0.6 is 0 Å². The van der Waals surface area contributed by atoms with Crippen LogP contribution in [0.15, 0.2) is 54.7 Å². The molecule has 4 rings (SSSR count). The van der Waals surface area contributed by atoms with E-state index in [-0.39, 0.29) is 6.61 Å². The lowest BCUT2D eigenvalue weighted by Crippen LogP contribution is -2.11. The summed E-state index contributed by atoms with van der Waals surface area (Å²) in [6, 6.07) is 15.9. The number of methoxy groups -OCH3 is 1. The summed E-state index contributed by atoms with van der Waals surface area (Å²) in [5.74, 6) is 1.28. The summed E-state index contributed by atoms with van der Waals surface area (Å²) in [7, 11) is 1.64. The molecule has 0 spiro atoms. The fourth-order valence-electron chi connectivity index (χ4n) is 4.11. The van der Waals surface area contributed by atoms with Crippen molar-refractivity contribution in [1.82, 2.24) is 19.3 Å². The van der Waals surface area contributed by atoms with Gasteiger partial charge in [-0.15, -0.1) is 0 Å². The van der Waals surface area contributed by atoms with Crippen molar-refractivity contribution < 1.29 is 14.3 Å². The zero-order chi connectivity index (χ0) is 24.2. The Morgan fingerprint density at radius 2 is 1.71 bits per heavy atom. The van der Waals surface area contributed by atoms with Crippen molar-refractivity contribution in [2.45, 2.75) is 40.7 Å². The third kappa shape index (κ3) is 4.59. The molecule has 7 nitrogen and oxygen atoms in total. The van der Waals surface area contributed by atoms with Crippen LogP contribution in [0.25, 0.3) is 16.9 Å². The molecule has 0 amide bonds. The van der Waals surface area contributed by atoms with Gasteiger partial charge >= 0.3 is 5.97 Å². The first-order valence-electron chi connectivity index (χ1n) is 11.4. The van der Waals surface area contributed by atoms with E-state index < -0.39 is 5.97 Å².